The summed E-state index contributed by atoms with van der Waals surface area (Å²) in [5.41, 5.74) is 1.23. The van der Waals surface area contributed by atoms with Gasteiger partial charge in [0.05, 0.1) is 19.1 Å². The lowest BCUT2D eigenvalue weighted by atomic mass is 10.0. The van der Waals surface area contributed by atoms with E-state index < -0.39 is 11.8 Å². The maximum atomic E-state index is 12.9. The molecule has 0 radical (unpaired) electrons. The summed E-state index contributed by atoms with van der Waals surface area (Å²) in [6.45, 7) is 9.64. The second-order valence-corrected chi connectivity index (χ2v) is 8.50. The first-order valence-corrected chi connectivity index (χ1v) is 10.4. The van der Waals surface area contributed by atoms with Crippen LogP contribution in [0.2, 0.25) is 0 Å². The lowest BCUT2D eigenvalue weighted by Gasteiger charge is -2.46. The first-order chi connectivity index (χ1) is 14.3. The van der Waals surface area contributed by atoms with Gasteiger partial charge in [-0.25, -0.2) is 4.79 Å². The first-order valence-electron chi connectivity index (χ1n) is 10.4. The predicted octanol–water partition coefficient (Wildman–Crippen LogP) is 3.40. The summed E-state index contributed by atoms with van der Waals surface area (Å²) in [6.07, 6.45) is 3.17. The largest absolute Gasteiger partial charge is 0.466 e. The van der Waals surface area contributed by atoms with Crippen LogP contribution in [-0.2, 0) is 20.8 Å². The summed E-state index contributed by atoms with van der Waals surface area (Å²) in [5, 5.41) is 0. The Hall–Kier alpha value is -2.67. The molecule has 162 valence electrons. The highest BCUT2D eigenvalue weighted by atomic mass is 16.6. The Morgan fingerprint density at radius 3 is 2.57 bits per heavy atom. The number of fused-ring (bicyclic) bond motifs is 1. The van der Waals surface area contributed by atoms with Crippen LogP contribution in [0.25, 0.3) is 0 Å². The first kappa shape index (κ1) is 22.0. The highest BCUT2D eigenvalue weighted by Crippen LogP contribution is 2.27. The topological polar surface area (TPSA) is 71.4 Å². The third-order valence-corrected chi connectivity index (χ3v) is 4.95. The molecule has 2 atom stereocenters. The maximum absolute atomic E-state index is 12.9. The van der Waals surface area contributed by atoms with E-state index in [9.17, 15) is 9.59 Å². The highest BCUT2D eigenvalue weighted by molar-refractivity contribution is 6.06. The third kappa shape index (κ3) is 5.69. The minimum atomic E-state index is -0.588. The summed E-state index contributed by atoms with van der Waals surface area (Å²) in [6, 6.07) is 10.2. The zero-order chi connectivity index (χ0) is 21.7. The van der Waals surface area contributed by atoms with E-state index in [0.717, 1.165) is 6.54 Å². The van der Waals surface area contributed by atoms with Crippen molar-refractivity contribution < 1.29 is 19.1 Å². The van der Waals surface area contributed by atoms with E-state index in [1.54, 1.807) is 11.8 Å². The molecule has 0 N–H and O–H groups in total. The Balaban J connectivity index is 1.82. The van der Waals surface area contributed by atoms with Gasteiger partial charge in [-0.15, -0.1) is 0 Å². The number of esters is 1. The van der Waals surface area contributed by atoms with Crippen molar-refractivity contribution in [3.63, 3.8) is 0 Å². The molecule has 2 aliphatic rings. The Labute approximate surface area is 178 Å². The number of hydrogen-bond acceptors (Lipinski definition) is 6. The summed E-state index contributed by atoms with van der Waals surface area (Å²) < 4.78 is 10.7. The second-order valence-electron chi connectivity index (χ2n) is 8.50. The minimum Gasteiger partial charge on any atom is -0.466 e. The number of rotatable bonds is 5. The molecular formula is C23H31N3O4. The van der Waals surface area contributed by atoms with Crippen LogP contribution >= 0.6 is 0 Å². The number of amides is 1. The molecule has 1 amide bonds. The second kappa shape index (κ2) is 9.43. The molecule has 0 saturated carbocycles. The maximum Gasteiger partial charge on any atom is 0.412 e. The van der Waals surface area contributed by atoms with Gasteiger partial charge >= 0.3 is 12.1 Å². The molecule has 2 heterocycles. The molecule has 3 rings (SSSR count). The Morgan fingerprint density at radius 1 is 1.17 bits per heavy atom. The van der Waals surface area contributed by atoms with E-state index in [1.807, 2.05) is 51.1 Å². The van der Waals surface area contributed by atoms with Gasteiger partial charge in [0.15, 0.2) is 0 Å². The van der Waals surface area contributed by atoms with Gasteiger partial charge in [-0.2, -0.15) is 0 Å². The Bertz CT molecular complexity index is 813. The van der Waals surface area contributed by atoms with Crippen molar-refractivity contribution in [3.05, 3.63) is 48.0 Å². The molecule has 1 aromatic carbocycles. The molecule has 30 heavy (non-hydrogen) atoms. The molecule has 0 bridgehead atoms. The molecule has 1 fully saturated rings. The van der Waals surface area contributed by atoms with Crippen molar-refractivity contribution >= 4 is 17.8 Å². The smallest absolute Gasteiger partial charge is 0.412 e. The van der Waals surface area contributed by atoms with Crippen LogP contribution in [0.1, 0.15) is 39.7 Å². The van der Waals surface area contributed by atoms with E-state index in [4.69, 9.17) is 14.5 Å². The lowest BCUT2D eigenvalue weighted by Crippen LogP contribution is -2.61. The van der Waals surface area contributed by atoms with E-state index >= 15 is 0 Å². The number of carbonyl (C=O) groups is 2. The lowest BCUT2D eigenvalue weighted by molar-refractivity contribution is -0.141. The minimum absolute atomic E-state index is 0.0857. The number of nitrogens with zero attached hydrogens (tertiary/aromatic N) is 3. The standard InChI is InChI=1S/C23H31N3O4/c1-5-29-20(27)15-18-11-12-19-21(24-18)26(22(28)30-23(2,3)4)14-13-25(19)16-17-9-7-6-8-10-17/h6-12,19,21H,5,13-16H2,1-4H3/t19-,21-/m0/s1. The molecule has 7 nitrogen and oxygen atoms in total. The third-order valence-electron chi connectivity index (χ3n) is 4.95. The molecule has 1 aromatic rings. The van der Waals surface area contributed by atoms with Crippen LogP contribution in [-0.4, -0.2) is 65.1 Å². The molecular weight excluding hydrogens is 382 g/mol. The number of ether oxygens (including phenoxy) is 2. The van der Waals surface area contributed by atoms with E-state index in [1.165, 1.54) is 5.56 Å². The highest BCUT2D eigenvalue weighted by Gasteiger charge is 2.40. The number of piperazine rings is 1. The monoisotopic (exact) mass is 413 g/mol. The fourth-order valence-electron chi connectivity index (χ4n) is 3.67. The van der Waals surface area contributed by atoms with Gasteiger partial charge in [-0.1, -0.05) is 36.4 Å². The van der Waals surface area contributed by atoms with Crippen molar-refractivity contribution in [2.24, 2.45) is 4.99 Å². The molecule has 2 aliphatic heterocycles. The predicted molar refractivity (Wildman–Crippen MR) is 115 cm³/mol. The van der Waals surface area contributed by atoms with E-state index in [-0.39, 0.29) is 24.5 Å². The van der Waals surface area contributed by atoms with Gasteiger partial charge in [0.25, 0.3) is 0 Å². The van der Waals surface area contributed by atoms with Gasteiger partial charge in [0, 0.05) is 25.3 Å². The van der Waals surface area contributed by atoms with Crippen LogP contribution < -0.4 is 0 Å². The molecule has 7 heteroatoms. The number of carbonyl (C=O) groups excluding carboxylic acids is 2. The van der Waals surface area contributed by atoms with Crippen LogP contribution in [0.3, 0.4) is 0 Å². The summed E-state index contributed by atoms with van der Waals surface area (Å²) >= 11 is 0. The molecule has 0 aromatic heterocycles. The number of allylic oxidation sites excluding steroid dienone is 1. The SMILES string of the molecule is CCOC(=O)CC1=N[C@@H]2[C@H](C=C1)N(Cc1ccccc1)CCN2C(=O)OC(C)(C)C. The van der Waals surface area contributed by atoms with Gasteiger partial charge in [0.1, 0.15) is 11.8 Å². The number of hydrogen-bond donors (Lipinski definition) is 0. The Kier molecular flexibility index (Phi) is 6.92. The van der Waals surface area contributed by atoms with Crippen LogP contribution in [0.15, 0.2) is 47.5 Å². The van der Waals surface area contributed by atoms with Gasteiger partial charge < -0.3 is 9.47 Å². The van der Waals surface area contributed by atoms with Gasteiger partial charge in [-0.3, -0.25) is 19.6 Å². The van der Waals surface area contributed by atoms with Crippen LogP contribution in [0, 0.1) is 0 Å². The number of benzene rings is 1. The fourth-order valence-corrected chi connectivity index (χ4v) is 3.67. The summed E-state index contributed by atoms with van der Waals surface area (Å²) in [5.74, 6) is -0.319. The normalized spacial score (nSPS) is 21.6. The van der Waals surface area contributed by atoms with Crippen LogP contribution in [0.5, 0.6) is 0 Å². The average molecular weight is 414 g/mol. The Morgan fingerprint density at radius 2 is 1.90 bits per heavy atom. The van der Waals surface area contributed by atoms with Crippen molar-refractivity contribution in [1.82, 2.24) is 9.80 Å². The fraction of sp³-hybridized carbons (Fsp3) is 0.522. The van der Waals surface area contributed by atoms with Gasteiger partial charge in [0.2, 0.25) is 0 Å². The molecule has 0 unspecified atom stereocenters. The zero-order valence-electron chi connectivity index (χ0n) is 18.2. The molecule has 0 spiro atoms. The zero-order valence-corrected chi connectivity index (χ0v) is 18.2. The van der Waals surface area contributed by atoms with Crippen molar-refractivity contribution in [2.45, 2.75) is 58.5 Å². The van der Waals surface area contributed by atoms with Crippen molar-refractivity contribution in [1.29, 1.82) is 0 Å². The molecule has 1 saturated heterocycles. The quantitative estimate of drug-likeness (QED) is 0.692. The van der Waals surface area contributed by atoms with Crippen LogP contribution in [0.4, 0.5) is 4.79 Å². The van der Waals surface area contributed by atoms with Crippen molar-refractivity contribution in [3.8, 4) is 0 Å². The van der Waals surface area contributed by atoms with E-state index in [0.29, 0.717) is 25.4 Å². The molecule has 0 aliphatic carbocycles. The number of aliphatic imine (C=N–C) groups is 1. The number of dihydropyridines is 1. The van der Waals surface area contributed by atoms with Crippen molar-refractivity contribution in [2.75, 3.05) is 19.7 Å². The van der Waals surface area contributed by atoms with Gasteiger partial charge in [-0.05, 0) is 39.3 Å². The van der Waals surface area contributed by atoms with E-state index in [2.05, 4.69) is 17.0 Å². The summed E-state index contributed by atoms with van der Waals surface area (Å²) in [4.78, 5) is 33.5. The summed E-state index contributed by atoms with van der Waals surface area (Å²) in [7, 11) is 0. The average Bonchev–Trinajstić information content (AvgIpc) is 2.67.